The smallest absolute Gasteiger partial charge is 0.193 e. The Morgan fingerprint density at radius 2 is 1.77 bits per heavy atom. The van der Waals surface area contributed by atoms with Crippen LogP contribution in [0, 0.1) is 20.8 Å². The Labute approximate surface area is 130 Å². The van der Waals surface area contributed by atoms with Gasteiger partial charge in [-0.1, -0.05) is 24.3 Å². The maximum atomic E-state index is 12.7. The minimum atomic E-state index is 0.0568. The highest BCUT2D eigenvalue weighted by Gasteiger charge is 2.24. The molecule has 0 spiro atoms. The third-order valence-electron chi connectivity index (χ3n) is 3.93. The predicted octanol–water partition coefficient (Wildman–Crippen LogP) is 3.62. The van der Waals surface area contributed by atoms with Crippen LogP contribution in [-0.4, -0.2) is 25.1 Å². The van der Waals surface area contributed by atoms with Crippen molar-refractivity contribution in [2.75, 3.05) is 13.2 Å². The van der Waals surface area contributed by atoms with E-state index in [1.807, 2.05) is 57.2 Å². The third-order valence-corrected chi connectivity index (χ3v) is 3.93. The maximum absolute atomic E-state index is 12.7. The number of hydrogen-bond acceptors (Lipinski definition) is 3. The van der Waals surface area contributed by atoms with Crippen molar-refractivity contribution < 1.29 is 14.3 Å². The Morgan fingerprint density at radius 3 is 2.36 bits per heavy atom. The Hall–Kier alpha value is -2.13. The van der Waals surface area contributed by atoms with Crippen LogP contribution in [0.4, 0.5) is 0 Å². The number of epoxide rings is 1. The summed E-state index contributed by atoms with van der Waals surface area (Å²) in [5.41, 5.74) is 4.42. The van der Waals surface area contributed by atoms with E-state index in [0.717, 1.165) is 34.6 Å². The van der Waals surface area contributed by atoms with Crippen LogP contribution in [0.25, 0.3) is 0 Å². The molecule has 1 saturated heterocycles. The Morgan fingerprint density at radius 1 is 1.14 bits per heavy atom. The molecule has 0 aliphatic carbocycles. The zero-order valence-electron chi connectivity index (χ0n) is 13.2. The van der Waals surface area contributed by atoms with Crippen LogP contribution in [0.5, 0.6) is 5.75 Å². The lowest BCUT2D eigenvalue weighted by Gasteiger charge is -2.13. The molecule has 3 nitrogen and oxygen atoms in total. The molecule has 1 fully saturated rings. The van der Waals surface area contributed by atoms with Crippen LogP contribution in [-0.2, 0) is 4.74 Å². The van der Waals surface area contributed by atoms with Gasteiger partial charge >= 0.3 is 0 Å². The topological polar surface area (TPSA) is 38.8 Å². The number of hydrogen-bond donors (Lipinski definition) is 0. The first-order valence-electron chi connectivity index (χ1n) is 7.52. The fourth-order valence-electron chi connectivity index (χ4n) is 2.63. The van der Waals surface area contributed by atoms with Crippen molar-refractivity contribution in [1.29, 1.82) is 0 Å². The minimum absolute atomic E-state index is 0.0568. The molecule has 1 heterocycles. The predicted molar refractivity (Wildman–Crippen MR) is 85.8 cm³/mol. The van der Waals surface area contributed by atoms with Gasteiger partial charge in [0.2, 0.25) is 0 Å². The van der Waals surface area contributed by atoms with Gasteiger partial charge in [-0.15, -0.1) is 0 Å². The van der Waals surface area contributed by atoms with E-state index in [4.69, 9.17) is 9.47 Å². The molecule has 0 saturated carbocycles. The van der Waals surface area contributed by atoms with Crippen LogP contribution in [0.2, 0.25) is 0 Å². The molecule has 0 radical (unpaired) electrons. The molecule has 22 heavy (non-hydrogen) atoms. The zero-order chi connectivity index (χ0) is 15.7. The van der Waals surface area contributed by atoms with Gasteiger partial charge in [-0.05, 0) is 49.6 Å². The summed E-state index contributed by atoms with van der Waals surface area (Å²) >= 11 is 0. The lowest BCUT2D eigenvalue weighted by atomic mass is 9.96. The van der Waals surface area contributed by atoms with E-state index < -0.39 is 0 Å². The summed E-state index contributed by atoms with van der Waals surface area (Å²) < 4.78 is 11.0. The minimum Gasteiger partial charge on any atom is -0.490 e. The van der Waals surface area contributed by atoms with Crippen molar-refractivity contribution in [2.24, 2.45) is 0 Å². The van der Waals surface area contributed by atoms with Crippen molar-refractivity contribution >= 4 is 5.78 Å². The highest BCUT2D eigenvalue weighted by molar-refractivity contribution is 6.10. The Kier molecular flexibility index (Phi) is 3.99. The van der Waals surface area contributed by atoms with Gasteiger partial charge in [0.1, 0.15) is 18.5 Å². The average molecular weight is 296 g/mol. The van der Waals surface area contributed by atoms with E-state index in [2.05, 4.69) is 0 Å². The normalized spacial score (nSPS) is 16.4. The second-order valence-corrected chi connectivity index (χ2v) is 5.85. The number of rotatable bonds is 5. The van der Waals surface area contributed by atoms with Gasteiger partial charge in [0.15, 0.2) is 5.78 Å². The monoisotopic (exact) mass is 296 g/mol. The maximum Gasteiger partial charge on any atom is 0.193 e. The summed E-state index contributed by atoms with van der Waals surface area (Å²) in [5, 5.41) is 0. The second-order valence-electron chi connectivity index (χ2n) is 5.85. The Balaban J connectivity index is 1.88. The molecule has 1 unspecified atom stereocenters. The summed E-state index contributed by atoms with van der Waals surface area (Å²) in [6.45, 7) is 7.27. The van der Waals surface area contributed by atoms with Gasteiger partial charge < -0.3 is 9.47 Å². The molecule has 1 aliphatic rings. The van der Waals surface area contributed by atoms with Gasteiger partial charge in [0, 0.05) is 11.1 Å². The summed E-state index contributed by atoms with van der Waals surface area (Å²) in [4.78, 5) is 12.7. The number of ketones is 1. The summed E-state index contributed by atoms with van der Waals surface area (Å²) in [7, 11) is 0. The molecule has 114 valence electrons. The SMILES string of the molecule is Cc1ccccc1C(=O)c1cc(C)c(OCC2CO2)c(C)c1. The van der Waals surface area contributed by atoms with E-state index in [9.17, 15) is 4.79 Å². The first-order chi connectivity index (χ1) is 10.6. The van der Waals surface area contributed by atoms with Crippen molar-refractivity contribution in [2.45, 2.75) is 26.9 Å². The Bertz CT molecular complexity index is 691. The molecular weight excluding hydrogens is 276 g/mol. The van der Waals surface area contributed by atoms with Gasteiger partial charge in [-0.3, -0.25) is 4.79 Å². The van der Waals surface area contributed by atoms with Crippen LogP contribution in [0.15, 0.2) is 36.4 Å². The highest BCUT2D eigenvalue weighted by Crippen LogP contribution is 2.27. The first-order valence-corrected chi connectivity index (χ1v) is 7.52. The zero-order valence-corrected chi connectivity index (χ0v) is 13.2. The summed E-state index contributed by atoms with van der Waals surface area (Å²) in [6, 6.07) is 11.5. The van der Waals surface area contributed by atoms with E-state index in [0.29, 0.717) is 12.2 Å². The number of carbonyl (C=O) groups excluding carboxylic acids is 1. The fraction of sp³-hybridized carbons (Fsp3) is 0.316. The lowest BCUT2D eigenvalue weighted by Crippen LogP contribution is -2.09. The van der Waals surface area contributed by atoms with Crippen molar-refractivity contribution in [3.63, 3.8) is 0 Å². The van der Waals surface area contributed by atoms with Crippen LogP contribution in [0.1, 0.15) is 32.6 Å². The quantitative estimate of drug-likeness (QED) is 0.625. The summed E-state index contributed by atoms with van der Waals surface area (Å²) in [5.74, 6) is 0.915. The van der Waals surface area contributed by atoms with Crippen molar-refractivity contribution in [1.82, 2.24) is 0 Å². The summed E-state index contributed by atoms with van der Waals surface area (Å²) in [6.07, 6.45) is 0.229. The molecule has 3 heteroatoms. The van der Waals surface area contributed by atoms with Gasteiger partial charge in [-0.2, -0.15) is 0 Å². The van der Waals surface area contributed by atoms with E-state index >= 15 is 0 Å². The van der Waals surface area contributed by atoms with E-state index in [1.165, 1.54) is 0 Å². The molecule has 0 N–H and O–H groups in total. The molecule has 3 rings (SSSR count). The van der Waals surface area contributed by atoms with E-state index in [1.54, 1.807) is 0 Å². The molecule has 1 aliphatic heterocycles. The fourth-order valence-corrected chi connectivity index (χ4v) is 2.63. The van der Waals surface area contributed by atoms with E-state index in [-0.39, 0.29) is 11.9 Å². The van der Waals surface area contributed by atoms with Crippen LogP contribution >= 0.6 is 0 Å². The number of carbonyl (C=O) groups is 1. The van der Waals surface area contributed by atoms with Crippen molar-refractivity contribution in [3.8, 4) is 5.75 Å². The molecule has 0 amide bonds. The molecule has 0 bridgehead atoms. The highest BCUT2D eigenvalue weighted by atomic mass is 16.6. The standard InChI is InChI=1S/C19H20O3/c1-12-6-4-5-7-17(12)18(20)15-8-13(2)19(14(3)9-15)22-11-16-10-21-16/h4-9,16H,10-11H2,1-3H3. The van der Waals surface area contributed by atoms with Crippen molar-refractivity contribution in [3.05, 3.63) is 64.2 Å². The lowest BCUT2D eigenvalue weighted by molar-refractivity contribution is 0.103. The van der Waals surface area contributed by atoms with Gasteiger partial charge in [0.05, 0.1) is 6.61 Å². The van der Waals surface area contributed by atoms with Gasteiger partial charge in [0.25, 0.3) is 0 Å². The number of ether oxygens (including phenoxy) is 2. The largest absolute Gasteiger partial charge is 0.490 e. The third kappa shape index (κ3) is 3.04. The van der Waals surface area contributed by atoms with Crippen LogP contribution in [0.3, 0.4) is 0 Å². The second kappa shape index (κ2) is 5.93. The number of aryl methyl sites for hydroxylation is 3. The first kappa shape index (κ1) is 14.8. The molecular formula is C19H20O3. The van der Waals surface area contributed by atoms with Crippen LogP contribution < -0.4 is 4.74 Å². The average Bonchev–Trinajstić information content (AvgIpc) is 3.30. The molecule has 2 aromatic carbocycles. The molecule has 1 atom stereocenters. The molecule has 2 aromatic rings. The molecule has 0 aromatic heterocycles. The van der Waals surface area contributed by atoms with Gasteiger partial charge in [-0.25, -0.2) is 0 Å². The number of benzene rings is 2.